The minimum absolute atomic E-state index is 0.172. The van der Waals surface area contributed by atoms with Crippen LogP contribution < -0.4 is 10.6 Å². The van der Waals surface area contributed by atoms with E-state index in [9.17, 15) is 4.79 Å². The fourth-order valence-corrected chi connectivity index (χ4v) is 3.92. The van der Waals surface area contributed by atoms with Crippen molar-refractivity contribution >= 4 is 11.6 Å². The van der Waals surface area contributed by atoms with Gasteiger partial charge in [0.05, 0.1) is 0 Å². The summed E-state index contributed by atoms with van der Waals surface area (Å²) in [7, 11) is 0. The number of para-hydroxylation sites is 1. The highest BCUT2D eigenvalue weighted by Gasteiger charge is 2.39. The first-order valence-electron chi connectivity index (χ1n) is 8.18. The second-order valence-corrected chi connectivity index (χ2v) is 7.18. The molecule has 2 unspecified atom stereocenters. The van der Waals surface area contributed by atoms with Gasteiger partial charge in [-0.05, 0) is 36.3 Å². The molecule has 1 heterocycles. The van der Waals surface area contributed by atoms with Crippen molar-refractivity contribution in [3.63, 3.8) is 0 Å². The van der Waals surface area contributed by atoms with E-state index in [1.807, 2.05) is 0 Å². The van der Waals surface area contributed by atoms with Crippen LogP contribution in [0.25, 0.3) is 0 Å². The molecule has 3 nitrogen and oxygen atoms in total. The molecule has 3 rings (SSSR count). The summed E-state index contributed by atoms with van der Waals surface area (Å²) in [6.45, 7) is 6.22. The number of hydrogen-bond acceptors (Lipinski definition) is 2. The normalized spacial score (nSPS) is 26.2. The standard InChI is InChI=1S/C18H26N2O/c1-18(2)10-5-7-15(18)17(21)19-11-9-13-12-20-16-8-4-3-6-14(13)16/h3-4,6,8,13,15,20H,5,7,9-12H2,1-2H3,(H,19,21). The Balaban J connectivity index is 1.50. The fourth-order valence-electron chi connectivity index (χ4n) is 3.92. The Morgan fingerprint density at radius 1 is 1.38 bits per heavy atom. The van der Waals surface area contributed by atoms with Crippen LogP contribution in [0.4, 0.5) is 5.69 Å². The summed E-state index contributed by atoms with van der Waals surface area (Å²) in [6, 6.07) is 8.49. The Labute approximate surface area is 127 Å². The molecular weight excluding hydrogens is 260 g/mol. The third-order valence-corrected chi connectivity index (χ3v) is 5.31. The van der Waals surface area contributed by atoms with Gasteiger partial charge in [-0.25, -0.2) is 0 Å². The zero-order chi connectivity index (χ0) is 14.9. The van der Waals surface area contributed by atoms with E-state index in [-0.39, 0.29) is 17.2 Å². The molecule has 0 spiro atoms. The number of hydrogen-bond donors (Lipinski definition) is 2. The molecule has 2 atom stereocenters. The van der Waals surface area contributed by atoms with Crippen LogP contribution in [0.2, 0.25) is 0 Å². The van der Waals surface area contributed by atoms with E-state index >= 15 is 0 Å². The zero-order valence-electron chi connectivity index (χ0n) is 13.1. The smallest absolute Gasteiger partial charge is 0.223 e. The lowest BCUT2D eigenvalue weighted by molar-refractivity contribution is -0.127. The molecule has 3 heteroatoms. The highest BCUT2D eigenvalue weighted by molar-refractivity contribution is 5.79. The second kappa shape index (κ2) is 5.70. The summed E-state index contributed by atoms with van der Waals surface area (Å²) in [5.41, 5.74) is 2.82. The zero-order valence-corrected chi connectivity index (χ0v) is 13.1. The average Bonchev–Trinajstić information content (AvgIpc) is 3.02. The molecule has 1 saturated carbocycles. The first kappa shape index (κ1) is 14.4. The first-order valence-corrected chi connectivity index (χ1v) is 8.18. The Morgan fingerprint density at radius 2 is 2.19 bits per heavy atom. The number of anilines is 1. The molecule has 0 aromatic heterocycles. The van der Waals surface area contributed by atoms with Gasteiger partial charge in [0.25, 0.3) is 0 Å². The van der Waals surface area contributed by atoms with Gasteiger partial charge in [0.2, 0.25) is 5.91 Å². The molecular formula is C18H26N2O. The van der Waals surface area contributed by atoms with Gasteiger partial charge in [0, 0.05) is 30.6 Å². The van der Waals surface area contributed by atoms with Gasteiger partial charge < -0.3 is 10.6 Å². The number of carbonyl (C=O) groups is 1. The summed E-state index contributed by atoms with van der Waals surface area (Å²) >= 11 is 0. The van der Waals surface area contributed by atoms with Gasteiger partial charge in [-0.1, -0.05) is 38.5 Å². The molecule has 1 aliphatic carbocycles. The van der Waals surface area contributed by atoms with Gasteiger partial charge in [0.15, 0.2) is 0 Å². The average molecular weight is 286 g/mol. The molecule has 1 fully saturated rings. The molecule has 1 aromatic carbocycles. The summed E-state index contributed by atoms with van der Waals surface area (Å²) in [6.07, 6.45) is 4.42. The summed E-state index contributed by atoms with van der Waals surface area (Å²) in [5.74, 6) is 0.987. The summed E-state index contributed by atoms with van der Waals surface area (Å²) in [4.78, 5) is 12.4. The Morgan fingerprint density at radius 3 is 2.95 bits per heavy atom. The lowest BCUT2D eigenvalue weighted by atomic mass is 9.81. The van der Waals surface area contributed by atoms with Gasteiger partial charge in [-0.2, -0.15) is 0 Å². The van der Waals surface area contributed by atoms with Crippen LogP contribution in [-0.4, -0.2) is 19.0 Å². The molecule has 0 radical (unpaired) electrons. The van der Waals surface area contributed by atoms with Crippen LogP contribution in [0.1, 0.15) is 51.0 Å². The van der Waals surface area contributed by atoms with E-state index in [4.69, 9.17) is 0 Å². The van der Waals surface area contributed by atoms with E-state index in [1.165, 1.54) is 24.1 Å². The van der Waals surface area contributed by atoms with Crippen molar-refractivity contribution in [2.75, 3.05) is 18.4 Å². The van der Waals surface area contributed by atoms with Crippen LogP contribution in [-0.2, 0) is 4.79 Å². The first-order chi connectivity index (χ1) is 10.1. The molecule has 21 heavy (non-hydrogen) atoms. The number of fused-ring (bicyclic) bond motifs is 1. The lowest BCUT2D eigenvalue weighted by Crippen LogP contribution is -2.37. The van der Waals surface area contributed by atoms with Crippen LogP contribution in [0, 0.1) is 11.3 Å². The number of benzene rings is 1. The van der Waals surface area contributed by atoms with E-state index in [1.54, 1.807) is 0 Å². The molecule has 0 bridgehead atoms. The van der Waals surface area contributed by atoms with Crippen LogP contribution in [0.15, 0.2) is 24.3 Å². The third-order valence-electron chi connectivity index (χ3n) is 5.31. The van der Waals surface area contributed by atoms with Crippen molar-refractivity contribution in [3.8, 4) is 0 Å². The van der Waals surface area contributed by atoms with Crippen LogP contribution in [0.5, 0.6) is 0 Å². The van der Waals surface area contributed by atoms with Crippen LogP contribution >= 0.6 is 0 Å². The van der Waals surface area contributed by atoms with Crippen molar-refractivity contribution in [2.45, 2.75) is 45.4 Å². The second-order valence-electron chi connectivity index (χ2n) is 7.18. The minimum Gasteiger partial charge on any atom is -0.384 e. The highest BCUT2D eigenvalue weighted by atomic mass is 16.1. The molecule has 1 amide bonds. The predicted molar refractivity (Wildman–Crippen MR) is 86.4 cm³/mol. The molecule has 1 aliphatic heterocycles. The Kier molecular flexibility index (Phi) is 3.92. The maximum Gasteiger partial charge on any atom is 0.223 e. The quantitative estimate of drug-likeness (QED) is 0.889. The van der Waals surface area contributed by atoms with Crippen molar-refractivity contribution in [1.82, 2.24) is 5.32 Å². The molecule has 2 N–H and O–H groups in total. The monoisotopic (exact) mass is 286 g/mol. The fraction of sp³-hybridized carbons (Fsp3) is 0.611. The minimum atomic E-state index is 0.172. The van der Waals surface area contributed by atoms with Crippen molar-refractivity contribution < 1.29 is 4.79 Å². The summed E-state index contributed by atoms with van der Waals surface area (Å²) < 4.78 is 0. The Bertz CT molecular complexity index is 524. The summed E-state index contributed by atoms with van der Waals surface area (Å²) in [5, 5.41) is 6.62. The van der Waals surface area contributed by atoms with Gasteiger partial charge in [0.1, 0.15) is 0 Å². The lowest BCUT2D eigenvalue weighted by Gasteiger charge is -2.26. The highest BCUT2D eigenvalue weighted by Crippen LogP contribution is 2.42. The SMILES string of the molecule is CC1(C)CCCC1C(=O)NCCC1CNc2ccccc21. The number of amides is 1. The van der Waals surface area contributed by atoms with E-state index < -0.39 is 0 Å². The van der Waals surface area contributed by atoms with E-state index in [0.717, 1.165) is 25.9 Å². The molecule has 1 aromatic rings. The van der Waals surface area contributed by atoms with Crippen molar-refractivity contribution in [2.24, 2.45) is 11.3 Å². The topological polar surface area (TPSA) is 41.1 Å². The number of carbonyl (C=O) groups excluding carboxylic acids is 1. The molecule has 114 valence electrons. The van der Waals surface area contributed by atoms with E-state index in [0.29, 0.717) is 5.92 Å². The molecule has 0 saturated heterocycles. The maximum absolute atomic E-state index is 12.4. The third kappa shape index (κ3) is 2.92. The van der Waals surface area contributed by atoms with Crippen LogP contribution in [0.3, 0.4) is 0 Å². The van der Waals surface area contributed by atoms with Crippen molar-refractivity contribution in [1.29, 1.82) is 0 Å². The number of nitrogens with one attached hydrogen (secondary N) is 2. The maximum atomic E-state index is 12.4. The van der Waals surface area contributed by atoms with Gasteiger partial charge in [-0.3, -0.25) is 4.79 Å². The number of rotatable bonds is 4. The Hall–Kier alpha value is -1.51. The predicted octanol–water partition coefficient (Wildman–Crippen LogP) is 3.53. The molecule has 2 aliphatic rings. The van der Waals surface area contributed by atoms with E-state index in [2.05, 4.69) is 48.7 Å². The van der Waals surface area contributed by atoms with Gasteiger partial charge in [-0.15, -0.1) is 0 Å². The van der Waals surface area contributed by atoms with Crippen molar-refractivity contribution in [3.05, 3.63) is 29.8 Å². The van der Waals surface area contributed by atoms with Gasteiger partial charge >= 0.3 is 0 Å². The largest absolute Gasteiger partial charge is 0.384 e.